The Balaban J connectivity index is 0.837. The number of fused-ring (bicyclic) bond motifs is 1. The lowest BCUT2D eigenvalue weighted by Crippen LogP contribution is -2.40. The largest absolute Gasteiger partial charge is 0.506 e. The van der Waals surface area contributed by atoms with Crippen LogP contribution in [0, 0.1) is 5.92 Å². The Kier molecular flexibility index (Phi) is 15.3. The number of carbonyl (C=O) groups is 3. The van der Waals surface area contributed by atoms with Gasteiger partial charge in [0, 0.05) is 62.6 Å². The minimum atomic E-state index is -2.03. The summed E-state index contributed by atoms with van der Waals surface area (Å²) in [4.78, 5) is 59.4. The van der Waals surface area contributed by atoms with Crippen molar-refractivity contribution in [2.45, 2.75) is 56.9 Å². The molecule has 0 spiro atoms. The van der Waals surface area contributed by atoms with Gasteiger partial charge in [0.05, 0.1) is 30.9 Å². The highest BCUT2D eigenvalue weighted by Crippen LogP contribution is 2.35. The number of esters is 1. The second-order valence-corrected chi connectivity index (χ2v) is 17.7. The van der Waals surface area contributed by atoms with Gasteiger partial charge in [-0.3, -0.25) is 19.3 Å². The average Bonchev–Trinajstić information content (AvgIpc) is 3.38. The number of nitrogens with zero attached hydrogens (tertiary/aromatic N) is 2. The molecule has 2 atom stereocenters. The van der Waals surface area contributed by atoms with Crippen LogP contribution in [-0.4, -0.2) is 94.2 Å². The zero-order valence-corrected chi connectivity index (χ0v) is 38.2. The smallest absolute Gasteiger partial charge is 0.347 e. The maximum absolute atomic E-state index is 14.0. The lowest BCUT2D eigenvalue weighted by atomic mass is 9.84. The van der Waals surface area contributed by atoms with Crippen LogP contribution < -0.4 is 15.6 Å². The van der Waals surface area contributed by atoms with Crippen LogP contribution in [-0.2, 0) is 33.0 Å². The average molecular weight is 919 g/mol. The third kappa shape index (κ3) is 11.1. The van der Waals surface area contributed by atoms with Gasteiger partial charge in [-0.2, -0.15) is 0 Å². The molecule has 1 aromatic heterocycles. The molecule has 352 valence electrons. The molecule has 0 aliphatic carbocycles. The second-order valence-electron chi connectivity index (χ2n) is 17.7. The Labute approximate surface area is 395 Å². The number of pyridine rings is 1. The lowest BCUT2D eigenvalue weighted by Gasteiger charge is -2.33. The third-order valence-corrected chi connectivity index (χ3v) is 13.2. The molecule has 13 nitrogen and oxygen atoms in total. The van der Waals surface area contributed by atoms with Gasteiger partial charge in [0.1, 0.15) is 11.5 Å². The Hall–Kier alpha value is -6.90. The topological polar surface area (TPSA) is 182 Å². The van der Waals surface area contributed by atoms with Crippen LogP contribution >= 0.6 is 0 Å². The summed E-state index contributed by atoms with van der Waals surface area (Å²) in [6.07, 6.45) is 3.42. The molecular formula is C55H58N4O9. The van der Waals surface area contributed by atoms with Gasteiger partial charge in [-0.15, -0.1) is 0 Å². The van der Waals surface area contributed by atoms with Gasteiger partial charge < -0.3 is 40.0 Å². The Morgan fingerprint density at radius 2 is 1.59 bits per heavy atom. The van der Waals surface area contributed by atoms with Crippen LogP contribution in [0.1, 0.15) is 81.9 Å². The van der Waals surface area contributed by atoms with Crippen molar-refractivity contribution in [1.29, 1.82) is 0 Å². The molecule has 0 bridgehead atoms. The highest BCUT2D eigenvalue weighted by molar-refractivity contribution is 6.00. The van der Waals surface area contributed by atoms with Crippen LogP contribution in [0.2, 0.25) is 0 Å². The van der Waals surface area contributed by atoms with Gasteiger partial charge >= 0.3 is 5.97 Å². The number of aliphatic hydroxyl groups excluding tert-OH is 1. The van der Waals surface area contributed by atoms with Crippen molar-refractivity contribution >= 4 is 34.1 Å². The predicted molar refractivity (Wildman–Crippen MR) is 260 cm³/mol. The number of aromatic hydroxyl groups is 1. The summed E-state index contributed by atoms with van der Waals surface area (Å²) in [6.45, 7) is 4.27. The first-order chi connectivity index (χ1) is 33.0. The number of aliphatic hydroxyl groups is 2. The molecule has 1 fully saturated rings. The standard InChI is InChI=1S/C55H58N4O9/c1-67-50-31-39(33-56-34-49(62)44-17-19-48(61)53-45(44)18-21-51(63)57-53)15-16-46(50)47(60)20-22-52(64)59-29-25-40(26-30-59)41-11-8-14-43(32-41)55(66,42-12-6-3-7-13-42)54(65)68-36-38-23-27-58(28-24-38)35-37-9-4-2-5-10-37/h2-19,21,25,31-32,38,49,56,61-62,66H,20,22-24,26-30,33-36H2,1H3,(H,57,63)/t49-,55-/m0/s1. The van der Waals surface area contributed by atoms with Gasteiger partial charge in [-0.1, -0.05) is 97.1 Å². The summed E-state index contributed by atoms with van der Waals surface area (Å²) in [5, 5.41) is 37.2. The van der Waals surface area contributed by atoms with Crippen molar-refractivity contribution in [3.63, 3.8) is 0 Å². The molecule has 8 rings (SSSR count). The van der Waals surface area contributed by atoms with E-state index in [2.05, 4.69) is 39.5 Å². The van der Waals surface area contributed by atoms with E-state index in [0.717, 1.165) is 49.2 Å². The number of methoxy groups -OCH3 is 1. The number of ether oxygens (including phenoxy) is 2. The number of carbonyl (C=O) groups excluding carboxylic acids is 3. The van der Waals surface area contributed by atoms with Crippen molar-refractivity contribution in [3.05, 3.63) is 183 Å². The molecule has 5 N–H and O–H groups in total. The second kappa shape index (κ2) is 21.8. The summed E-state index contributed by atoms with van der Waals surface area (Å²) in [6, 6.07) is 37.8. The van der Waals surface area contributed by atoms with Gasteiger partial charge in [0.25, 0.3) is 0 Å². The van der Waals surface area contributed by atoms with Gasteiger partial charge in [0.2, 0.25) is 17.1 Å². The van der Waals surface area contributed by atoms with Gasteiger partial charge in [0.15, 0.2) is 5.78 Å². The first-order valence-electron chi connectivity index (χ1n) is 23.2. The number of benzene rings is 5. The SMILES string of the molecule is COc1cc(CNC[C@H](O)c2ccc(O)c3[nH]c(=O)ccc23)ccc1C(=O)CCC(=O)N1CC=C(c2cccc([C@](O)(C(=O)OCC3CCN(Cc4ccccc4)CC3)c3ccccc3)c2)CC1. The number of phenols is 1. The van der Waals surface area contributed by atoms with E-state index < -0.39 is 17.7 Å². The number of amides is 1. The zero-order valence-electron chi connectivity index (χ0n) is 38.2. The molecule has 2 aliphatic heterocycles. The first-order valence-corrected chi connectivity index (χ1v) is 23.2. The quantitative estimate of drug-likeness (QED) is 0.0441. The molecule has 0 saturated carbocycles. The van der Waals surface area contributed by atoms with Crippen LogP contribution in [0.25, 0.3) is 16.5 Å². The van der Waals surface area contributed by atoms with Crippen molar-refractivity contribution in [3.8, 4) is 11.5 Å². The fourth-order valence-electron chi connectivity index (χ4n) is 9.24. The van der Waals surface area contributed by atoms with Gasteiger partial charge in [-0.05, 0) is 102 Å². The number of hydrogen-bond acceptors (Lipinski definition) is 11. The number of nitrogens with one attached hydrogen (secondary N) is 2. The number of rotatable bonds is 18. The normalized spacial score (nSPS) is 15.9. The van der Waals surface area contributed by atoms with Crippen molar-refractivity contribution < 1.29 is 39.2 Å². The Bertz CT molecular complexity index is 2820. The number of aromatic amines is 1. The predicted octanol–water partition coefficient (Wildman–Crippen LogP) is 7.04. The highest BCUT2D eigenvalue weighted by Gasteiger charge is 2.42. The lowest BCUT2D eigenvalue weighted by molar-refractivity contribution is -0.164. The van der Waals surface area contributed by atoms with Crippen LogP contribution in [0.4, 0.5) is 0 Å². The van der Waals surface area contributed by atoms with Crippen LogP contribution in [0.15, 0.2) is 138 Å². The molecule has 2 aliphatic rings. The van der Waals surface area contributed by atoms with Crippen LogP contribution in [0.5, 0.6) is 11.5 Å². The molecule has 6 aromatic rings. The van der Waals surface area contributed by atoms with Crippen molar-refractivity contribution in [2.75, 3.05) is 46.4 Å². The summed E-state index contributed by atoms with van der Waals surface area (Å²) < 4.78 is 11.5. The van der Waals surface area contributed by atoms with E-state index in [1.807, 2.05) is 36.4 Å². The van der Waals surface area contributed by atoms with E-state index in [4.69, 9.17) is 9.47 Å². The summed E-state index contributed by atoms with van der Waals surface area (Å²) in [5.41, 5.74) is 3.52. The molecule has 13 heteroatoms. The number of H-pyrrole nitrogens is 1. The molecular weight excluding hydrogens is 861 g/mol. The maximum Gasteiger partial charge on any atom is 0.347 e. The highest BCUT2D eigenvalue weighted by atomic mass is 16.5. The summed E-state index contributed by atoms with van der Waals surface area (Å²) in [7, 11) is 1.48. The minimum absolute atomic E-state index is 0.00156. The van der Waals surface area contributed by atoms with E-state index in [0.29, 0.717) is 59.4 Å². The number of likely N-dealkylation sites (tertiary alicyclic amines) is 1. The van der Waals surface area contributed by atoms with E-state index in [1.54, 1.807) is 65.6 Å². The first kappa shape index (κ1) is 47.6. The number of Topliss-reactive ketones (excluding diaryl/α,β-unsaturated/α-hetero) is 1. The fourth-order valence-corrected chi connectivity index (χ4v) is 9.24. The molecule has 3 heterocycles. The van der Waals surface area contributed by atoms with Crippen molar-refractivity contribution in [1.82, 2.24) is 20.1 Å². The molecule has 68 heavy (non-hydrogen) atoms. The fraction of sp³-hybridized carbons (Fsp3) is 0.309. The number of phenolic OH excluding ortho intramolecular Hbond substituents is 1. The van der Waals surface area contributed by atoms with E-state index >= 15 is 0 Å². The number of ketones is 1. The number of piperidine rings is 1. The van der Waals surface area contributed by atoms with Crippen molar-refractivity contribution in [2.24, 2.45) is 5.92 Å². The molecule has 0 radical (unpaired) electrons. The molecule has 1 saturated heterocycles. The number of hydrogen-bond donors (Lipinski definition) is 5. The molecule has 0 unspecified atom stereocenters. The number of aromatic nitrogens is 1. The maximum atomic E-state index is 14.0. The third-order valence-electron chi connectivity index (χ3n) is 13.2. The van der Waals surface area contributed by atoms with Crippen LogP contribution in [0.3, 0.4) is 0 Å². The Morgan fingerprint density at radius 3 is 2.32 bits per heavy atom. The van der Waals surface area contributed by atoms with Gasteiger partial charge in [-0.25, -0.2) is 4.79 Å². The van der Waals surface area contributed by atoms with E-state index in [9.17, 15) is 34.5 Å². The van der Waals surface area contributed by atoms with E-state index in [-0.39, 0.29) is 60.4 Å². The molecule has 1 amide bonds. The summed E-state index contributed by atoms with van der Waals surface area (Å²) in [5.74, 6) is -0.581. The molecule has 5 aromatic carbocycles. The zero-order chi connectivity index (χ0) is 47.6. The summed E-state index contributed by atoms with van der Waals surface area (Å²) >= 11 is 0. The minimum Gasteiger partial charge on any atom is -0.506 e. The van der Waals surface area contributed by atoms with E-state index in [1.165, 1.54) is 24.8 Å². The Morgan fingerprint density at radius 1 is 0.838 bits per heavy atom. The monoisotopic (exact) mass is 918 g/mol.